The summed E-state index contributed by atoms with van der Waals surface area (Å²) < 4.78 is 1.04. The standard InChI is InChI=1S/C22H24BrN3OS/c1-15(8-9-17-6-4-3-5-7-17)25-21(27)16(2)28-22-24-14-20(26-22)18-10-12-19(23)13-11-18/h3-7,10-16H,8-9H2,1-2H3,(H,24,26)(H,25,27). The first-order chi connectivity index (χ1) is 13.5. The molecule has 3 aromatic rings. The van der Waals surface area contributed by atoms with Crippen LogP contribution in [0.2, 0.25) is 0 Å². The van der Waals surface area contributed by atoms with Crippen LogP contribution in [0.25, 0.3) is 11.3 Å². The van der Waals surface area contributed by atoms with Crippen LogP contribution >= 0.6 is 27.7 Å². The first kappa shape index (κ1) is 20.7. The summed E-state index contributed by atoms with van der Waals surface area (Å²) in [5.74, 6) is 0.0344. The number of carbonyl (C=O) groups excluding carboxylic acids is 1. The Morgan fingerprint density at radius 3 is 2.57 bits per heavy atom. The minimum atomic E-state index is -0.219. The fourth-order valence-electron chi connectivity index (χ4n) is 2.82. The monoisotopic (exact) mass is 457 g/mol. The van der Waals surface area contributed by atoms with Crippen LogP contribution in [0.3, 0.4) is 0 Å². The molecule has 3 rings (SSSR count). The van der Waals surface area contributed by atoms with E-state index in [1.54, 1.807) is 6.20 Å². The number of aromatic amines is 1. The van der Waals surface area contributed by atoms with E-state index in [1.807, 2.05) is 49.4 Å². The summed E-state index contributed by atoms with van der Waals surface area (Å²) in [5.41, 5.74) is 3.30. The molecule has 28 heavy (non-hydrogen) atoms. The Balaban J connectivity index is 1.49. The number of imidazole rings is 1. The molecule has 0 radical (unpaired) electrons. The molecule has 4 nitrogen and oxygen atoms in total. The molecule has 6 heteroatoms. The van der Waals surface area contributed by atoms with Crippen molar-refractivity contribution in [3.05, 3.63) is 70.8 Å². The van der Waals surface area contributed by atoms with E-state index >= 15 is 0 Å². The zero-order chi connectivity index (χ0) is 19.9. The molecule has 0 aliphatic carbocycles. The van der Waals surface area contributed by atoms with E-state index < -0.39 is 0 Å². The van der Waals surface area contributed by atoms with Gasteiger partial charge in [0.25, 0.3) is 0 Å². The van der Waals surface area contributed by atoms with E-state index in [1.165, 1.54) is 17.3 Å². The minimum Gasteiger partial charge on any atom is -0.353 e. The highest BCUT2D eigenvalue weighted by Crippen LogP contribution is 2.25. The molecule has 0 aliphatic heterocycles. The van der Waals surface area contributed by atoms with Gasteiger partial charge in [-0.2, -0.15) is 0 Å². The molecule has 2 N–H and O–H groups in total. The van der Waals surface area contributed by atoms with Gasteiger partial charge in [-0.1, -0.05) is 70.2 Å². The van der Waals surface area contributed by atoms with Crippen molar-refractivity contribution in [3.63, 3.8) is 0 Å². The number of benzene rings is 2. The van der Waals surface area contributed by atoms with Gasteiger partial charge in [-0.05, 0) is 49.9 Å². The third-order valence-electron chi connectivity index (χ3n) is 4.46. The molecule has 0 spiro atoms. The van der Waals surface area contributed by atoms with Gasteiger partial charge in [0.2, 0.25) is 5.91 Å². The van der Waals surface area contributed by atoms with Crippen LogP contribution in [0.1, 0.15) is 25.8 Å². The number of H-pyrrole nitrogens is 1. The molecule has 1 heterocycles. The first-order valence-electron chi connectivity index (χ1n) is 9.33. The van der Waals surface area contributed by atoms with E-state index in [4.69, 9.17) is 0 Å². The smallest absolute Gasteiger partial charge is 0.233 e. The quantitative estimate of drug-likeness (QED) is 0.441. The second kappa shape index (κ2) is 9.94. The SMILES string of the molecule is CC(CCc1ccccc1)NC(=O)C(C)Sc1ncc(-c2ccc(Br)cc2)[nH]1. The van der Waals surface area contributed by atoms with Crippen molar-refractivity contribution in [2.45, 2.75) is 43.1 Å². The number of carbonyl (C=O) groups is 1. The molecular formula is C22H24BrN3OS. The Labute approximate surface area is 178 Å². The summed E-state index contributed by atoms with van der Waals surface area (Å²) in [6, 6.07) is 18.5. The molecule has 0 bridgehead atoms. The van der Waals surface area contributed by atoms with Gasteiger partial charge in [0.1, 0.15) is 0 Å². The minimum absolute atomic E-state index is 0.0344. The van der Waals surface area contributed by atoms with Gasteiger partial charge >= 0.3 is 0 Å². The van der Waals surface area contributed by atoms with Gasteiger partial charge in [-0.3, -0.25) is 4.79 Å². The third kappa shape index (κ3) is 5.97. The summed E-state index contributed by atoms with van der Waals surface area (Å²) in [5, 5.41) is 3.64. The van der Waals surface area contributed by atoms with E-state index in [-0.39, 0.29) is 17.2 Å². The van der Waals surface area contributed by atoms with Gasteiger partial charge < -0.3 is 10.3 Å². The Morgan fingerprint density at radius 1 is 1.14 bits per heavy atom. The Hall–Kier alpha value is -2.05. The number of aryl methyl sites for hydroxylation is 1. The highest BCUT2D eigenvalue weighted by atomic mass is 79.9. The largest absolute Gasteiger partial charge is 0.353 e. The van der Waals surface area contributed by atoms with Crippen LogP contribution in [0.4, 0.5) is 0 Å². The molecule has 2 atom stereocenters. The lowest BCUT2D eigenvalue weighted by Crippen LogP contribution is -2.37. The molecule has 1 aromatic heterocycles. The second-order valence-electron chi connectivity index (χ2n) is 6.80. The third-order valence-corrected chi connectivity index (χ3v) is 5.99. The van der Waals surface area contributed by atoms with Gasteiger partial charge in [0.05, 0.1) is 17.1 Å². The molecule has 2 unspecified atom stereocenters. The van der Waals surface area contributed by atoms with E-state index in [2.05, 4.69) is 50.3 Å². The van der Waals surface area contributed by atoms with Crippen molar-refractivity contribution >= 4 is 33.6 Å². The molecule has 0 saturated heterocycles. The van der Waals surface area contributed by atoms with E-state index in [0.717, 1.165) is 33.7 Å². The summed E-state index contributed by atoms with van der Waals surface area (Å²) in [4.78, 5) is 20.2. The van der Waals surface area contributed by atoms with Crippen molar-refractivity contribution < 1.29 is 4.79 Å². The van der Waals surface area contributed by atoms with Crippen LogP contribution in [0.15, 0.2) is 70.4 Å². The number of hydrogen-bond donors (Lipinski definition) is 2. The maximum absolute atomic E-state index is 12.5. The molecule has 1 amide bonds. The molecular weight excluding hydrogens is 434 g/mol. The first-order valence-corrected chi connectivity index (χ1v) is 11.0. The summed E-state index contributed by atoms with van der Waals surface area (Å²) in [6.07, 6.45) is 3.68. The normalized spacial score (nSPS) is 13.1. The average Bonchev–Trinajstić information content (AvgIpc) is 3.16. The molecule has 0 saturated carbocycles. The van der Waals surface area contributed by atoms with Crippen LogP contribution in [0.5, 0.6) is 0 Å². The number of rotatable bonds is 8. The number of nitrogens with zero attached hydrogens (tertiary/aromatic N) is 1. The lowest BCUT2D eigenvalue weighted by molar-refractivity contribution is -0.120. The number of thioether (sulfide) groups is 1. The van der Waals surface area contributed by atoms with Gasteiger partial charge in [0.15, 0.2) is 5.16 Å². The summed E-state index contributed by atoms with van der Waals surface area (Å²) >= 11 is 4.88. The molecule has 0 aliphatic rings. The Morgan fingerprint density at radius 2 is 1.86 bits per heavy atom. The lowest BCUT2D eigenvalue weighted by atomic mass is 10.1. The zero-order valence-electron chi connectivity index (χ0n) is 16.0. The van der Waals surface area contributed by atoms with Gasteiger partial charge in [0, 0.05) is 10.5 Å². The van der Waals surface area contributed by atoms with Crippen LogP contribution in [-0.4, -0.2) is 27.2 Å². The number of aromatic nitrogens is 2. The highest BCUT2D eigenvalue weighted by Gasteiger charge is 2.18. The molecule has 0 fully saturated rings. The van der Waals surface area contributed by atoms with Crippen molar-refractivity contribution in [1.82, 2.24) is 15.3 Å². The van der Waals surface area contributed by atoms with Crippen LogP contribution in [-0.2, 0) is 11.2 Å². The second-order valence-corrected chi connectivity index (χ2v) is 9.05. The zero-order valence-corrected chi connectivity index (χ0v) is 18.4. The summed E-state index contributed by atoms with van der Waals surface area (Å²) in [7, 11) is 0. The van der Waals surface area contributed by atoms with E-state index in [0.29, 0.717) is 0 Å². The van der Waals surface area contributed by atoms with Gasteiger partial charge in [-0.25, -0.2) is 4.98 Å². The predicted molar refractivity (Wildman–Crippen MR) is 119 cm³/mol. The number of nitrogens with one attached hydrogen (secondary N) is 2. The number of amides is 1. The lowest BCUT2D eigenvalue weighted by Gasteiger charge is -2.17. The van der Waals surface area contributed by atoms with Crippen molar-refractivity contribution in [2.24, 2.45) is 0 Å². The van der Waals surface area contributed by atoms with Crippen molar-refractivity contribution in [1.29, 1.82) is 0 Å². The number of hydrogen-bond acceptors (Lipinski definition) is 3. The van der Waals surface area contributed by atoms with Gasteiger partial charge in [-0.15, -0.1) is 0 Å². The predicted octanol–water partition coefficient (Wildman–Crippen LogP) is 5.46. The highest BCUT2D eigenvalue weighted by molar-refractivity contribution is 9.10. The summed E-state index contributed by atoms with van der Waals surface area (Å²) in [6.45, 7) is 3.96. The van der Waals surface area contributed by atoms with Crippen LogP contribution < -0.4 is 5.32 Å². The molecule has 2 aromatic carbocycles. The fourth-order valence-corrected chi connectivity index (χ4v) is 3.88. The fraction of sp³-hybridized carbons (Fsp3) is 0.273. The topological polar surface area (TPSA) is 57.8 Å². The van der Waals surface area contributed by atoms with Crippen LogP contribution in [0, 0.1) is 0 Å². The Kier molecular flexibility index (Phi) is 7.34. The maximum atomic E-state index is 12.5. The van der Waals surface area contributed by atoms with E-state index in [9.17, 15) is 4.79 Å². The maximum Gasteiger partial charge on any atom is 0.233 e. The number of halogens is 1. The Bertz CT molecular complexity index is 896. The van der Waals surface area contributed by atoms with Crippen molar-refractivity contribution in [3.8, 4) is 11.3 Å². The average molecular weight is 458 g/mol. The molecule has 146 valence electrons. The van der Waals surface area contributed by atoms with Crippen molar-refractivity contribution in [2.75, 3.05) is 0 Å².